The number of para-hydroxylation sites is 2. The van der Waals surface area contributed by atoms with Crippen molar-refractivity contribution >= 4 is 44.9 Å². The van der Waals surface area contributed by atoms with Gasteiger partial charge in [0.1, 0.15) is 0 Å². The lowest BCUT2D eigenvalue weighted by atomic mass is 9.70. The molecule has 330 valence electrons. The van der Waals surface area contributed by atoms with Gasteiger partial charge in [0.05, 0.1) is 10.9 Å². The van der Waals surface area contributed by atoms with E-state index >= 15 is 0 Å². The molecule has 11 aromatic rings. The van der Waals surface area contributed by atoms with Crippen molar-refractivity contribution < 1.29 is 5.48 Å². The highest BCUT2D eigenvalue weighted by Gasteiger charge is 2.52. The minimum absolute atomic E-state index is 0.0899. The van der Waals surface area contributed by atoms with Crippen LogP contribution >= 0.6 is 0 Å². The summed E-state index contributed by atoms with van der Waals surface area (Å²) in [4.78, 5) is 4.32. The second-order valence-electron chi connectivity index (χ2n) is 19.3. The maximum Gasteiger partial charge on any atom is 0.0727 e. The Bertz CT molecular complexity index is 4090. The quantitative estimate of drug-likeness (QED) is 0.157. The van der Waals surface area contributed by atoms with Crippen molar-refractivity contribution in [3.8, 4) is 44.5 Å². The lowest BCUT2D eigenvalue weighted by molar-refractivity contribution is 0.660. The number of nitrogens with zero attached hydrogens (tertiary/aromatic N) is 2. The number of anilines is 6. The summed E-state index contributed by atoms with van der Waals surface area (Å²) in [7, 11) is 0. The van der Waals surface area contributed by atoms with Gasteiger partial charge in [-0.05, 0) is 167 Å². The van der Waals surface area contributed by atoms with Gasteiger partial charge in [0, 0.05) is 39.5 Å². The van der Waals surface area contributed by atoms with Crippen LogP contribution in [0.5, 0.6) is 0 Å². The Balaban J connectivity index is 0.985. The first kappa shape index (κ1) is 36.3. The summed E-state index contributed by atoms with van der Waals surface area (Å²) >= 11 is 0. The third-order valence-corrected chi connectivity index (χ3v) is 15.3. The van der Waals surface area contributed by atoms with Gasteiger partial charge in [-0.15, -0.1) is 0 Å². The van der Waals surface area contributed by atoms with Crippen LogP contribution < -0.4 is 9.80 Å². The molecule has 14 rings (SSSR count). The molecule has 0 aromatic heterocycles. The minimum atomic E-state index is -0.759. The molecule has 0 saturated carbocycles. The molecule has 70 heavy (non-hydrogen) atoms. The van der Waals surface area contributed by atoms with Crippen molar-refractivity contribution in [1.29, 1.82) is 0 Å². The smallest absolute Gasteiger partial charge is 0.0727 e. The van der Waals surface area contributed by atoms with E-state index < -0.39 is 5.41 Å². The average molecular weight is 897 g/mol. The van der Waals surface area contributed by atoms with Gasteiger partial charge in [-0.1, -0.05) is 190 Å². The summed E-state index contributed by atoms with van der Waals surface area (Å²) in [5.74, 6) is 0. The zero-order valence-corrected chi connectivity index (χ0v) is 38.8. The third-order valence-electron chi connectivity index (χ3n) is 15.3. The molecule has 1 unspecified atom stereocenters. The van der Waals surface area contributed by atoms with Crippen LogP contribution in [0.2, 0.25) is 0 Å². The van der Waals surface area contributed by atoms with Crippen molar-refractivity contribution in [1.82, 2.24) is 0 Å². The molecular formula is C68H48N2. The molecule has 2 nitrogen and oxygen atoms in total. The standard InChI is InChI=1S/C68H48N2/c1-67(2)61-26-14-11-23-55(61)58-38-35-52(42-64(58)67)70(50-21-7-4-8-22-50)54-37-40-60-57-25-13-16-28-63(57)68(66(60)44-54)62-27-15-12-24-56(62)59-39-36-53(43-65(59)68)69(49-19-5-3-6-20-49)51-33-31-46(32-34-51)48-30-29-45-17-9-10-18-47(45)41-48/h3-44H,1-2H3/i31D,32D,33D,34D. The van der Waals surface area contributed by atoms with Crippen molar-refractivity contribution in [2.75, 3.05) is 9.80 Å². The number of fused-ring (bicyclic) bond motifs is 14. The van der Waals surface area contributed by atoms with Crippen molar-refractivity contribution in [2.24, 2.45) is 0 Å². The van der Waals surface area contributed by atoms with E-state index in [0.717, 1.165) is 55.9 Å². The molecular weight excluding hydrogens is 845 g/mol. The van der Waals surface area contributed by atoms with Crippen LogP contribution in [0, 0.1) is 0 Å². The summed E-state index contributed by atoms with van der Waals surface area (Å²) in [6.45, 7) is 4.67. The van der Waals surface area contributed by atoms with E-state index in [0.29, 0.717) is 5.56 Å². The van der Waals surface area contributed by atoms with E-state index in [1.807, 2.05) is 77.7 Å². The fourth-order valence-electron chi connectivity index (χ4n) is 12.1. The fourth-order valence-corrected chi connectivity index (χ4v) is 12.1. The van der Waals surface area contributed by atoms with Crippen molar-refractivity contribution in [2.45, 2.75) is 24.7 Å². The zero-order chi connectivity index (χ0) is 50.0. The Morgan fingerprint density at radius 3 is 1.26 bits per heavy atom. The van der Waals surface area contributed by atoms with Crippen LogP contribution in [-0.4, -0.2) is 0 Å². The normalized spacial score (nSPS) is 16.0. The van der Waals surface area contributed by atoms with Gasteiger partial charge in [0.15, 0.2) is 0 Å². The Morgan fingerprint density at radius 2 is 0.700 bits per heavy atom. The SMILES string of the molecule is [2H]c1c([2H])c(N(c2ccccc2)c2ccc3c(c2)C2(c4ccccc4-c4ccc(N(c5ccccc5)c5ccc6c(c5)C(C)(C)c5ccccc5-6)cc42)c2ccccc2-3)c([2H])c([2H])c1-c1ccc2ccccc2c1. The molecule has 0 saturated heterocycles. The molecule has 0 heterocycles. The van der Waals surface area contributed by atoms with Crippen LogP contribution in [0.3, 0.4) is 0 Å². The Kier molecular flexibility index (Phi) is 7.99. The summed E-state index contributed by atoms with van der Waals surface area (Å²) < 4.78 is 38.8. The van der Waals surface area contributed by atoms with Crippen LogP contribution in [0.15, 0.2) is 255 Å². The van der Waals surface area contributed by atoms with Crippen molar-refractivity contribution in [3.05, 3.63) is 288 Å². The zero-order valence-electron chi connectivity index (χ0n) is 42.8. The molecule has 3 aliphatic carbocycles. The lowest BCUT2D eigenvalue weighted by Gasteiger charge is -2.33. The highest BCUT2D eigenvalue weighted by atomic mass is 15.1. The van der Waals surface area contributed by atoms with E-state index in [1.54, 1.807) is 0 Å². The Labute approximate surface area is 415 Å². The molecule has 0 radical (unpaired) electrons. The van der Waals surface area contributed by atoms with Gasteiger partial charge in [-0.25, -0.2) is 0 Å². The van der Waals surface area contributed by atoms with Gasteiger partial charge >= 0.3 is 0 Å². The van der Waals surface area contributed by atoms with E-state index in [9.17, 15) is 5.48 Å². The highest BCUT2D eigenvalue weighted by molar-refractivity contribution is 5.98. The van der Waals surface area contributed by atoms with E-state index in [1.165, 1.54) is 50.1 Å². The predicted molar refractivity (Wildman–Crippen MR) is 293 cm³/mol. The molecule has 0 bridgehead atoms. The topological polar surface area (TPSA) is 6.48 Å². The molecule has 0 N–H and O–H groups in total. The first-order valence-electron chi connectivity index (χ1n) is 26.2. The highest BCUT2D eigenvalue weighted by Crippen LogP contribution is 2.64. The predicted octanol–water partition coefficient (Wildman–Crippen LogP) is 18.1. The maximum absolute atomic E-state index is 9.79. The van der Waals surface area contributed by atoms with Crippen LogP contribution in [-0.2, 0) is 10.8 Å². The molecule has 0 amide bonds. The molecule has 0 fully saturated rings. The largest absolute Gasteiger partial charge is 0.310 e. The molecule has 3 aliphatic rings. The van der Waals surface area contributed by atoms with Gasteiger partial charge in [0.2, 0.25) is 0 Å². The van der Waals surface area contributed by atoms with Crippen molar-refractivity contribution in [3.63, 3.8) is 0 Å². The molecule has 0 aliphatic heterocycles. The number of benzene rings is 11. The molecule has 1 spiro atoms. The van der Waals surface area contributed by atoms with Crippen LogP contribution in [0.4, 0.5) is 34.1 Å². The lowest BCUT2D eigenvalue weighted by Crippen LogP contribution is -2.26. The molecule has 11 aromatic carbocycles. The summed E-state index contributed by atoms with van der Waals surface area (Å²) in [5.41, 5.74) is 19.3. The Morgan fingerprint density at radius 1 is 0.286 bits per heavy atom. The van der Waals surface area contributed by atoms with Gasteiger partial charge in [-0.3, -0.25) is 0 Å². The van der Waals surface area contributed by atoms with Crippen LogP contribution in [0.1, 0.15) is 52.7 Å². The molecule has 2 heteroatoms. The average Bonchev–Trinajstić information content (AvgIpc) is 4.04. The van der Waals surface area contributed by atoms with Gasteiger partial charge in [0.25, 0.3) is 0 Å². The maximum atomic E-state index is 9.79. The second kappa shape index (κ2) is 15.4. The number of hydrogen-bond donors (Lipinski definition) is 0. The first-order valence-corrected chi connectivity index (χ1v) is 24.2. The third kappa shape index (κ3) is 5.87. The number of hydrogen-bond acceptors (Lipinski definition) is 2. The number of rotatable bonds is 7. The van der Waals surface area contributed by atoms with Gasteiger partial charge in [-0.2, -0.15) is 0 Å². The fraction of sp³-hybridized carbons (Fsp3) is 0.0588. The van der Waals surface area contributed by atoms with E-state index in [2.05, 4.69) is 176 Å². The van der Waals surface area contributed by atoms with Gasteiger partial charge < -0.3 is 9.80 Å². The monoisotopic (exact) mass is 896 g/mol. The second-order valence-corrected chi connectivity index (χ2v) is 19.3. The first-order chi connectivity index (χ1) is 36.1. The molecule has 1 atom stereocenters. The summed E-state index contributed by atoms with van der Waals surface area (Å²) in [6.07, 6.45) is 0. The summed E-state index contributed by atoms with van der Waals surface area (Å²) in [6, 6.07) is 80.8. The summed E-state index contributed by atoms with van der Waals surface area (Å²) in [5, 5.41) is 2.01. The Hall–Kier alpha value is -8.72. The van der Waals surface area contributed by atoms with E-state index in [4.69, 9.17) is 0 Å². The van der Waals surface area contributed by atoms with E-state index in [-0.39, 0.29) is 40.8 Å². The van der Waals surface area contributed by atoms with Crippen LogP contribution in [0.25, 0.3) is 55.3 Å². The minimum Gasteiger partial charge on any atom is -0.310 e.